The average Bonchev–Trinajstić information content (AvgIpc) is 3.00. The van der Waals surface area contributed by atoms with Gasteiger partial charge in [0.25, 0.3) is 0 Å². The quantitative estimate of drug-likeness (QED) is 0.786. The molecule has 0 spiro atoms. The van der Waals surface area contributed by atoms with Gasteiger partial charge < -0.3 is 10.4 Å². The van der Waals surface area contributed by atoms with E-state index in [0.29, 0.717) is 11.8 Å². The molecule has 0 amide bonds. The number of piperidine rings is 1. The van der Waals surface area contributed by atoms with Gasteiger partial charge in [-0.3, -0.25) is 0 Å². The summed E-state index contributed by atoms with van der Waals surface area (Å²) in [6.45, 7) is 3.86. The number of aliphatic hydroxyl groups is 1. The minimum absolute atomic E-state index is 0.241. The van der Waals surface area contributed by atoms with Gasteiger partial charge in [0.15, 0.2) is 0 Å². The first-order chi connectivity index (χ1) is 8.60. The van der Waals surface area contributed by atoms with E-state index in [1.165, 1.54) is 12.8 Å². The lowest BCUT2D eigenvalue weighted by atomic mass is 9.58. The van der Waals surface area contributed by atoms with Crippen molar-refractivity contribution < 1.29 is 5.11 Å². The lowest BCUT2D eigenvalue weighted by Crippen LogP contribution is -2.56. The maximum absolute atomic E-state index is 11.1. The molecule has 2 N–H and O–H groups in total. The summed E-state index contributed by atoms with van der Waals surface area (Å²) in [5.74, 6) is 1.37. The molecule has 18 heavy (non-hydrogen) atoms. The van der Waals surface area contributed by atoms with Crippen LogP contribution in [0.1, 0.15) is 45.4 Å². The Morgan fingerprint density at radius 1 is 1.39 bits per heavy atom. The molecule has 0 aromatic carbocycles. The van der Waals surface area contributed by atoms with Crippen molar-refractivity contribution in [2.45, 2.75) is 51.0 Å². The minimum Gasteiger partial charge on any atom is -0.388 e. The summed E-state index contributed by atoms with van der Waals surface area (Å²) in [5.41, 5.74) is -1.30. The summed E-state index contributed by atoms with van der Waals surface area (Å²) < 4.78 is 0. The number of fused-ring (bicyclic) bond motifs is 2. The second-order valence-corrected chi connectivity index (χ2v) is 6.85. The van der Waals surface area contributed by atoms with E-state index in [2.05, 4.69) is 11.4 Å². The first kappa shape index (κ1) is 12.4. The lowest BCUT2D eigenvalue weighted by molar-refractivity contribution is -0.114. The average molecular weight is 248 g/mol. The van der Waals surface area contributed by atoms with Crippen molar-refractivity contribution in [2.24, 2.45) is 23.2 Å². The van der Waals surface area contributed by atoms with E-state index in [4.69, 9.17) is 0 Å². The van der Waals surface area contributed by atoms with E-state index in [1.807, 2.05) is 6.92 Å². The third kappa shape index (κ3) is 1.55. The summed E-state index contributed by atoms with van der Waals surface area (Å²) in [6.07, 6.45) is 6.69. The fourth-order valence-corrected chi connectivity index (χ4v) is 4.90. The van der Waals surface area contributed by atoms with Crippen LogP contribution < -0.4 is 5.32 Å². The third-order valence-corrected chi connectivity index (χ3v) is 6.04. The van der Waals surface area contributed by atoms with Crippen LogP contribution in [0.2, 0.25) is 0 Å². The molecular formula is C15H24N2O. The topological polar surface area (TPSA) is 56.0 Å². The van der Waals surface area contributed by atoms with Crippen LogP contribution >= 0.6 is 0 Å². The molecule has 0 aromatic rings. The van der Waals surface area contributed by atoms with E-state index in [0.717, 1.165) is 38.8 Å². The van der Waals surface area contributed by atoms with Crippen LogP contribution in [0.5, 0.6) is 0 Å². The summed E-state index contributed by atoms with van der Waals surface area (Å²) in [7, 11) is 0. The summed E-state index contributed by atoms with van der Waals surface area (Å²) >= 11 is 0. The first-order valence-corrected chi connectivity index (χ1v) is 7.44. The van der Waals surface area contributed by atoms with E-state index in [-0.39, 0.29) is 5.92 Å². The van der Waals surface area contributed by atoms with Crippen molar-refractivity contribution in [1.29, 1.82) is 5.26 Å². The zero-order valence-corrected chi connectivity index (χ0v) is 11.3. The molecule has 0 aromatic heterocycles. The molecule has 0 radical (unpaired) electrons. The van der Waals surface area contributed by atoms with Gasteiger partial charge in [-0.25, -0.2) is 0 Å². The number of nitrogens with one attached hydrogen (secondary N) is 1. The van der Waals surface area contributed by atoms with Crippen LogP contribution in [-0.4, -0.2) is 23.8 Å². The highest BCUT2D eigenvalue weighted by Gasteiger charge is 2.62. The zero-order chi connectivity index (χ0) is 12.8. The van der Waals surface area contributed by atoms with E-state index in [1.54, 1.807) is 0 Å². The van der Waals surface area contributed by atoms with Crippen LogP contribution in [-0.2, 0) is 0 Å². The van der Waals surface area contributed by atoms with E-state index >= 15 is 0 Å². The minimum atomic E-state index is -0.824. The lowest BCUT2D eigenvalue weighted by Gasteiger charge is -2.48. The SMILES string of the molecule is CC(O)(C1CCCNC1)C1(C#N)CC2CCC1C2. The Balaban J connectivity index is 1.88. The Labute approximate surface area is 110 Å². The second-order valence-electron chi connectivity index (χ2n) is 6.85. The molecule has 3 rings (SSSR count). The van der Waals surface area contributed by atoms with Gasteiger partial charge >= 0.3 is 0 Å². The second kappa shape index (κ2) is 4.21. The van der Waals surface area contributed by atoms with Crippen molar-refractivity contribution in [2.75, 3.05) is 13.1 Å². The van der Waals surface area contributed by atoms with Crippen molar-refractivity contribution in [3.05, 3.63) is 0 Å². The fraction of sp³-hybridized carbons (Fsp3) is 0.933. The van der Waals surface area contributed by atoms with Crippen molar-refractivity contribution >= 4 is 0 Å². The molecule has 1 saturated heterocycles. The van der Waals surface area contributed by atoms with E-state index in [9.17, 15) is 10.4 Å². The van der Waals surface area contributed by atoms with Gasteiger partial charge in [0.1, 0.15) is 0 Å². The van der Waals surface area contributed by atoms with Crippen LogP contribution in [0.25, 0.3) is 0 Å². The van der Waals surface area contributed by atoms with Gasteiger partial charge in [0, 0.05) is 12.5 Å². The molecule has 3 nitrogen and oxygen atoms in total. The van der Waals surface area contributed by atoms with Gasteiger partial charge in [0.2, 0.25) is 0 Å². The highest BCUT2D eigenvalue weighted by atomic mass is 16.3. The van der Waals surface area contributed by atoms with Crippen molar-refractivity contribution in [3.63, 3.8) is 0 Å². The predicted octanol–water partition coefficient (Wildman–Crippen LogP) is 2.07. The molecule has 5 atom stereocenters. The highest BCUT2D eigenvalue weighted by Crippen LogP contribution is 2.61. The molecular weight excluding hydrogens is 224 g/mol. The number of rotatable bonds is 2. The van der Waals surface area contributed by atoms with E-state index < -0.39 is 11.0 Å². The Kier molecular flexibility index (Phi) is 2.91. The predicted molar refractivity (Wildman–Crippen MR) is 69.7 cm³/mol. The molecule has 1 heterocycles. The van der Waals surface area contributed by atoms with Crippen molar-refractivity contribution in [3.8, 4) is 6.07 Å². The van der Waals surface area contributed by atoms with Crippen molar-refractivity contribution in [1.82, 2.24) is 5.32 Å². The van der Waals surface area contributed by atoms with Gasteiger partial charge in [-0.15, -0.1) is 0 Å². The third-order valence-electron chi connectivity index (χ3n) is 6.04. The molecule has 3 fully saturated rings. The van der Waals surface area contributed by atoms with Crippen LogP contribution in [0.3, 0.4) is 0 Å². The number of nitrogens with zero attached hydrogens (tertiary/aromatic N) is 1. The summed E-state index contributed by atoms with van der Waals surface area (Å²) in [5, 5.41) is 24.3. The maximum atomic E-state index is 11.1. The number of nitriles is 1. The summed E-state index contributed by atoms with van der Waals surface area (Å²) in [6, 6.07) is 2.57. The summed E-state index contributed by atoms with van der Waals surface area (Å²) in [4.78, 5) is 0. The van der Waals surface area contributed by atoms with Crippen LogP contribution in [0, 0.1) is 34.5 Å². The van der Waals surface area contributed by atoms with Gasteiger partial charge in [-0.2, -0.15) is 5.26 Å². The first-order valence-electron chi connectivity index (χ1n) is 7.44. The largest absolute Gasteiger partial charge is 0.388 e. The smallest absolute Gasteiger partial charge is 0.0891 e. The molecule has 2 aliphatic carbocycles. The number of hydrogen-bond donors (Lipinski definition) is 2. The Morgan fingerprint density at radius 2 is 2.22 bits per heavy atom. The van der Waals surface area contributed by atoms with Gasteiger partial charge in [0.05, 0.1) is 17.1 Å². The Hall–Kier alpha value is -0.590. The van der Waals surface area contributed by atoms with Crippen LogP contribution in [0.15, 0.2) is 0 Å². The molecule has 2 bridgehead atoms. The standard InChI is InChI=1S/C15H24N2O/c1-14(18,13-3-2-6-17-9-13)15(10-16)8-11-4-5-12(15)7-11/h11-13,17-18H,2-9H2,1H3. The Bertz CT molecular complexity index is 367. The highest BCUT2D eigenvalue weighted by molar-refractivity contribution is 5.20. The monoisotopic (exact) mass is 248 g/mol. The molecule has 1 aliphatic heterocycles. The normalized spacial score (nSPS) is 46.6. The maximum Gasteiger partial charge on any atom is 0.0891 e. The molecule has 3 aliphatic rings. The molecule has 5 unspecified atom stereocenters. The molecule has 3 heteroatoms. The van der Waals surface area contributed by atoms with Gasteiger partial charge in [-0.05, 0) is 57.4 Å². The van der Waals surface area contributed by atoms with Crippen LogP contribution in [0.4, 0.5) is 0 Å². The number of hydrogen-bond acceptors (Lipinski definition) is 3. The molecule has 2 saturated carbocycles. The zero-order valence-electron chi connectivity index (χ0n) is 11.3. The van der Waals surface area contributed by atoms with Gasteiger partial charge in [-0.1, -0.05) is 6.42 Å². The molecule has 100 valence electrons. The fourth-order valence-electron chi connectivity index (χ4n) is 4.90. The Morgan fingerprint density at radius 3 is 2.72 bits per heavy atom.